The van der Waals surface area contributed by atoms with Crippen molar-refractivity contribution in [2.45, 2.75) is 49.2 Å². The Balaban J connectivity index is 0.751. The van der Waals surface area contributed by atoms with E-state index in [-0.39, 0.29) is 30.2 Å². The fourth-order valence-corrected chi connectivity index (χ4v) is 9.79. The average Bonchev–Trinajstić information content (AvgIpc) is 3.84. The average molecular weight is 841 g/mol. The molecule has 3 aromatic carbocycles. The van der Waals surface area contributed by atoms with Crippen molar-refractivity contribution in [3.05, 3.63) is 102 Å². The van der Waals surface area contributed by atoms with Gasteiger partial charge >= 0.3 is 0 Å². The molecule has 9 rings (SSSR count). The van der Waals surface area contributed by atoms with E-state index >= 15 is 0 Å². The van der Waals surface area contributed by atoms with Crippen LogP contribution in [0.3, 0.4) is 0 Å². The van der Waals surface area contributed by atoms with Crippen molar-refractivity contribution in [3.8, 4) is 22.8 Å². The lowest BCUT2D eigenvalue weighted by atomic mass is 10.0. The van der Waals surface area contributed by atoms with Gasteiger partial charge in [-0.2, -0.15) is 5.10 Å². The van der Waals surface area contributed by atoms with E-state index in [1.807, 2.05) is 88.5 Å². The number of rotatable bonds is 12. The molecule has 2 aromatic heterocycles. The highest BCUT2D eigenvalue weighted by Crippen LogP contribution is 2.36. The Kier molecular flexibility index (Phi) is 11.8. The number of hydrogen-bond donors (Lipinski definition) is 2. The fourth-order valence-electron chi connectivity index (χ4n) is 8.69. The minimum atomic E-state index is -0.617. The number of anilines is 1. The summed E-state index contributed by atoms with van der Waals surface area (Å²) in [5, 5.41) is 8.11. The summed E-state index contributed by atoms with van der Waals surface area (Å²) in [6.07, 6.45) is 7.45. The standard InChI is InChI=1S/C45H48N10O5S/c46-42-40-41(30-13-15-33(16-14-30)60-32-8-2-1-3-9-32)50-55(43(40)48-29-47-42)31-7-5-20-53(27-31)39(57)12-6-19-51-21-23-52(24-22-51)25-26-61-37-11-4-10-34-35(37)28-54(45(34)59)36-17-18-38(56)49-44(36)58/h1-4,6,8-16,29,31,36H,5,7,17-28H2,(H2,46,47,48)(H,49,56,58)/b12-6+/t31-,36?/m1/s1. The zero-order chi connectivity index (χ0) is 41.9. The quantitative estimate of drug-likeness (QED) is 0.100. The number of nitrogen functional groups attached to an aromatic ring is 1. The number of carbonyl (C=O) groups is 4. The number of ether oxygens (including phenoxy) is 1. The van der Waals surface area contributed by atoms with E-state index in [2.05, 4.69) is 25.1 Å². The minimum absolute atomic E-state index is 0.00508. The Morgan fingerprint density at radius 1 is 0.902 bits per heavy atom. The van der Waals surface area contributed by atoms with Crippen molar-refractivity contribution in [1.82, 2.24) is 44.7 Å². The molecular weight excluding hydrogens is 793 g/mol. The van der Waals surface area contributed by atoms with Gasteiger partial charge in [-0.05, 0) is 73.4 Å². The molecule has 6 heterocycles. The Bertz CT molecular complexity index is 2470. The first-order valence-corrected chi connectivity index (χ1v) is 21.9. The number of thioether (sulfide) groups is 1. The normalized spacial score (nSPS) is 20.1. The Morgan fingerprint density at radius 2 is 1.69 bits per heavy atom. The van der Waals surface area contributed by atoms with Crippen LogP contribution in [-0.2, 0) is 20.9 Å². The van der Waals surface area contributed by atoms with Gasteiger partial charge in [-0.3, -0.25) is 34.3 Å². The zero-order valence-electron chi connectivity index (χ0n) is 33.8. The number of hydrogen-bond acceptors (Lipinski definition) is 12. The van der Waals surface area contributed by atoms with Crippen LogP contribution in [0.25, 0.3) is 22.3 Å². The van der Waals surface area contributed by atoms with E-state index in [0.717, 1.165) is 73.1 Å². The topological polar surface area (TPSA) is 172 Å². The van der Waals surface area contributed by atoms with E-state index in [1.54, 1.807) is 22.7 Å². The SMILES string of the molecule is Nc1ncnc2c1c(-c1ccc(Oc3ccccc3)cc1)nn2[C@@H]1CCCN(C(=O)/C=C/CN2CCN(CCSc3cccc4c3CN(C3CCC(=O)NC3=O)C4=O)CC2)C1. The minimum Gasteiger partial charge on any atom is -0.457 e. The Labute approximate surface area is 357 Å². The van der Waals surface area contributed by atoms with Crippen molar-refractivity contribution in [2.75, 3.05) is 63.8 Å². The first-order chi connectivity index (χ1) is 29.8. The summed E-state index contributed by atoms with van der Waals surface area (Å²) in [4.78, 5) is 69.1. The summed E-state index contributed by atoms with van der Waals surface area (Å²) < 4.78 is 7.91. The molecule has 0 saturated carbocycles. The van der Waals surface area contributed by atoms with Gasteiger partial charge in [-0.15, -0.1) is 11.8 Å². The van der Waals surface area contributed by atoms with Crippen LogP contribution in [-0.4, -0.2) is 127 Å². The molecule has 4 aliphatic rings. The number of piperidine rings is 2. The van der Waals surface area contributed by atoms with Gasteiger partial charge in [0.05, 0.1) is 11.4 Å². The van der Waals surface area contributed by atoms with Gasteiger partial charge < -0.3 is 20.3 Å². The van der Waals surface area contributed by atoms with Gasteiger partial charge in [0, 0.05) is 93.2 Å². The second-order valence-electron chi connectivity index (χ2n) is 15.8. The summed E-state index contributed by atoms with van der Waals surface area (Å²) in [5.41, 5.74) is 10.2. The van der Waals surface area contributed by atoms with E-state index < -0.39 is 11.9 Å². The molecule has 2 atom stereocenters. The Morgan fingerprint density at radius 3 is 2.49 bits per heavy atom. The first-order valence-electron chi connectivity index (χ1n) is 20.9. The number of imide groups is 1. The van der Waals surface area contributed by atoms with Crippen molar-refractivity contribution in [2.24, 2.45) is 0 Å². The fraction of sp³-hybridized carbons (Fsp3) is 0.356. The molecule has 1 unspecified atom stereocenters. The van der Waals surface area contributed by atoms with Crippen molar-refractivity contribution < 1.29 is 23.9 Å². The molecule has 0 spiro atoms. The molecule has 0 radical (unpaired) electrons. The van der Waals surface area contributed by atoms with E-state index in [1.165, 1.54) is 6.33 Å². The molecule has 4 amide bonds. The molecule has 4 aliphatic heterocycles. The summed E-state index contributed by atoms with van der Waals surface area (Å²) in [6.45, 7) is 6.89. The highest BCUT2D eigenvalue weighted by Gasteiger charge is 2.40. The predicted octanol–water partition coefficient (Wildman–Crippen LogP) is 4.76. The number of para-hydroxylation sites is 1. The summed E-state index contributed by atoms with van der Waals surface area (Å²) in [7, 11) is 0. The van der Waals surface area contributed by atoms with Gasteiger partial charge in [0.15, 0.2) is 5.65 Å². The van der Waals surface area contributed by atoms with Crippen LogP contribution in [0.5, 0.6) is 11.5 Å². The maximum absolute atomic E-state index is 13.5. The lowest BCUT2D eigenvalue weighted by Crippen LogP contribution is -2.52. The number of nitrogens with zero attached hydrogens (tertiary/aromatic N) is 8. The zero-order valence-corrected chi connectivity index (χ0v) is 34.6. The second-order valence-corrected chi connectivity index (χ2v) is 17.0. The highest BCUT2D eigenvalue weighted by atomic mass is 32.2. The lowest BCUT2D eigenvalue weighted by Gasteiger charge is -2.34. The molecule has 0 bridgehead atoms. The van der Waals surface area contributed by atoms with Crippen LogP contribution < -0.4 is 15.8 Å². The molecule has 61 heavy (non-hydrogen) atoms. The number of likely N-dealkylation sites (tertiary alicyclic amines) is 1. The van der Waals surface area contributed by atoms with Crippen molar-refractivity contribution >= 4 is 52.2 Å². The third-order valence-electron chi connectivity index (χ3n) is 12.0. The molecule has 0 aliphatic carbocycles. The highest BCUT2D eigenvalue weighted by molar-refractivity contribution is 7.99. The van der Waals surface area contributed by atoms with Gasteiger partial charge in [0.25, 0.3) is 5.91 Å². The summed E-state index contributed by atoms with van der Waals surface area (Å²) >= 11 is 1.74. The monoisotopic (exact) mass is 840 g/mol. The van der Waals surface area contributed by atoms with Crippen molar-refractivity contribution in [3.63, 3.8) is 0 Å². The number of aromatic nitrogens is 4. The molecular formula is C45H48N10O5S. The van der Waals surface area contributed by atoms with E-state index in [0.29, 0.717) is 66.5 Å². The molecule has 3 saturated heterocycles. The van der Waals surface area contributed by atoms with Gasteiger partial charge in [0.1, 0.15) is 35.4 Å². The summed E-state index contributed by atoms with van der Waals surface area (Å²) in [6, 6.07) is 22.5. The molecule has 314 valence electrons. The van der Waals surface area contributed by atoms with Crippen LogP contribution in [0.2, 0.25) is 0 Å². The van der Waals surface area contributed by atoms with E-state index in [9.17, 15) is 19.2 Å². The third-order valence-corrected chi connectivity index (χ3v) is 13.1. The Hall–Kier alpha value is -6.10. The first kappa shape index (κ1) is 40.3. The lowest BCUT2D eigenvalue weighted by molar-refractivity contribution is -0.137. The number of nitrogens with one attached hydrogen (secondary N) is 1. The predicted molar refractivity (Wildman–Crippen MR) is 232 cm³/mol. The molecule has 3 N–H and O–H groups in total. The maximum atomic E-state index is 13.5. The molecule has 5 aromatic rings. The third kappa shape index (κ3) is 8.74. The van der Waals surface area contributed by atoms with Crippen LogP contribution in [0, 0.1) is 0 Å². The molecule has 16 heteroatoms. The van der Waals surface area contributed by atoms with Crippen LogP contribution >= 0.6 is 11.8 Å². The largest absolute Gasteiger partial charge is 0.457 e. The number of fused-ring (bicyclic) bond motifs is 2. The second kappa shape index (κ2) is 17.9. The number of amides is 4. The molecule has 3 fully saturated rings. The smallest absolute Gasteiger partial charge is 0.255 e. The van der Waals surface area contributed by atoms with Gasteiger partial charge in [0.2, 0.25) is 17.7 Å². The van der Waals surface area contributed by atoms with Crippen molar-refractivity contribution in [1.29, 1.82) is 0 Å². The van der Waals surface area contributed by atoms with Gasteiger partial charge in [-0.25, -0.2) is 14.6 Å². The van der Waals surface area contributed by atoms with Crippen LogP contribution in [0.1, 0.15) is 47.6 Å². The van der Waals surface area contributed by atoms with Crippen LogP contribution in [0.15, 0.2) is 96.2 Å². The maximum Gasteiger partial charge on any atom is 0.255 e. The van der Waals surface area contributed by atoms with Gasteiger partial charge in [-0.1, -0.05) is 30.3 Å². The van der Waals surface area contributed by atoms with E-state index in [4.69, 9.17) is 15.6 Å². The number of benzene rings is 3. The molecule has 15 nitrogen and oxygen atoms in total. The van der Waals surface area contributed by atoms with Crippen LogP contribution in [0.4, 0.5) is 5.82 Å². The number of carbonyl (C=O) groups excluding carboxylic acids is 4. The number of nitrogens with two attached hydrogens (primary N) is 1. The summed E-state index contributed by atoms with van der Waals surface area (Å²) in [5.74, 6) is 1.87. The number of piperazine rings is 1.